The van der Waals surface area contributed by atoms with Crippen LogP contribution in [0, 0.1) is 0 Å². The van der Waals surface area contributed by atoms with Crippen molar-refractivity contribution in [3.8, 4) is 5.75 Å². The van der Waals surface area contributed by atoms with Crippen LogP contribution in [0.3, 0.4) is 0 Å². The fraction of sp³-hybridized carbons (Fsp3) is 0.750. The fourth-order valence-corrected chi connectivity index (χ4v) is 4.61. The van der Waals surface area contributed by atoms with E-state index in [1.54, 1.807) is 0 Å². The minimum atomic E-state index is 0.153. The molecule has 0 N–H and O–H groups in total. The fourth-order valence-electron chi connectivity index (χ4n) is 3.92. The number of hydrogen-bond acceptors (Lipinski definition) is 2. The molecular formula is C28H49O2S+. The summed E-state index contributed by atoms with van der Waals surface area (Å²) in [6.07, 6.45) is 26.4. The summed E-state index contributed by atoms with van der Waals surface area (Å²) in [5.74, 6) is 1.75. The van der Waals surface area contributed by atoms with Crippen LogP contribution < -0.4 is 4.74 Å². The molecule has 2 nitrogen and oxygen atoms in total. The molecule has 0 bridgehead atoms. The summed E-state index contributed by atoms with van der Waals surface area (Å²) in [5, 5.41) is 0. The smallest absolute Gasteiger partial charge is 0.211 e. The van der Waals surface area contributed by atoms with Crippen molar-refractivity contribution in [2.75, 3.05) is 24.9 Å². The number of rotatable bonds is 21. The third-order valence-electron chi connectivity index (χ3n) is 5.86. The first-order valence-corrected chi connectivity index (χ1v) is 15.1. The van der Waals surface area contributed by atoms with Crippen molar-refractivity contribution in [1.82, 2.24) is 0 Å². The number of carbonyl (C=O) groups excluding carboxylic acids is 1. The molecule has 0 unspecified atom stereocenters. The molecule has 0 atom stereocenters. The third kappa shape index (κ3) is 16.3. The van der Waals surface area contributed by atoms with E-state index in [-0.39, 0.29) is 16.7 Å². The maximum atomic E-state index is 12.1. The number of benzene rings is 1. The monoisotopic (exact) mass is 449 g/mol. The van der Waals surface area contributed by atoms with E-state index in [1.807, 2.05) is 24.3 Å². The minimum absolute atomic E-state index is 0.153. The zero-order chi connectivity index (χ0) is 22.6. The lowest BCUT2D eigenvalue weighted by Crippen LogP contribution is -2.13. The van der Waals surface area contributed by atoms with E-state index in [0.29, 0.717) is 5.75 Å². The first kappa shape index (κ1) is 28.1. The van der Waals surface area contributed by atoms with E-state index in [9.17, 15) is 4.79 Å². The van der Waals surface area contributed by atoms with Crippen LogP contribution in [0.1, 0.15) is 120 Å². The summed E-state index contributed by atoms with van der Waals surface area (Å²) >= 11 is 0. The lowest BCUT2D eigenvalue weighted by Gasteiger charge is -2.07. The van der Waals surface area contributed by atoms with Gasteiger partial charge in [0.2, 0.25) is 5.78 Å². The molecule has 178 valence electrons. The second-order valence-corrected chi connectivity index (χ2v) is 11.5. The van der Waals surface area contributed by atoms with Gasteiger partial charge in [-0.3, -0.25) is 4.79 Å². The van der Waals surface area contributed by atoms with E-state index < -0.39 is 0 Å². The molecule has 0 saturated heterocycles. The van der Waals surface area contributed by atoms with Crippen LogP contribution in [0.25, 0.3) is 0 Å². The highest BCUT2D eigenvalue weighted by Crippen LogP contribution is 2.16. The average Bonchev–Trinajstić information content (AvgIpc) is 2.76. The van der Waals surface area contributed by atoms with Gasteiger partial charge < -0.3 is 4.74 Å². The van der Waals surface area contributed by atoms with Gasteiger partial charge in [-0.25, -0.2) is 0 Å². The Morgan fingerprint density at radius 3 is 1.52 bits per heavy atom. The van der Waals surface area contributed by atoms with Crippen molar-refractivity contribution in [2.24, 2.45) is 0 Å². The van der Waals surface area contributed by atoms with Gasteiger partial charge in [-0.2, -0.15) is 0 Å². The summed E-state index contributed by atoms with van der Waals surface area (Å²) in [4.78, 5) is 12.1. The van der Waals surface area contributed by atoms with Crippen molar-refractivity contribution < 1.29 is 9.53 Å². The molecule has 3 heteroatoms. The second kappa shape index (κ2) is 19.7. The predicted molar refractivity (Wildman–Crippen MR) is 140 cm³/mol. The first-order valence-electron chi connectivity index (χ1n) is 12.9. The number of unbranched alkanes of at least 4 members (excludes halogenated alkanes) is 15. The lowest BCUT2D eigenvalue weighted by atomic mass is 10.0. The van der Waals surface area contributed by atoms with Crippen LogP contribution in [0.15, 0.2) is 24.3 Å². The molecule has 0 radical (unpaired) electrons. The summed E-state index contributed by atoms with van der Waals surface area (Å²) < 4.78 is 5.83. The molecule has 1 rings (SSSR count). The molecule has 0 aliphatic carbocycles. The zero-order valence-electron chi connectivity index (χ0n) is 20.8. The molecule has 0 aromatic heterocycles. The van der Waals surface area contributed by atoms with Crippen LogP contribution in [0.4, 0.5) is 0 Å². The van der Waals surface area contributed by atoms with E-state index >= 15 is 0 Å². The molecule has 1 aromatic carbocycles. The Bertz CT molecular complexity index is 538. The highest BCUT2D eigenvalue weighted by molar-refractivity contribution is 7.96. The van der Waals surface area contributed by atoms with Crippen molar-refractivity contribution in [3.05, 3.63) is 29.8 Å². The Hall–Kier alpha value is -0.960. The second-order valence-electron chi connectivity index (χ2n) is 9.23. The van der Waals surface area contributed by atoms with Crippen molar-refractivity contribution in [1.29, 1.82) is 0 Å². The number of hydrogen-bond donors (Lipinski definition) is 0. The number of carbonyl (C=O) groups is 1. The number of Topliss-reactive ketones (excluding diaryl/α,β-unsaturated/α-hetero) is 1. The van der Waals surface area contributed by atoms with Gasteiger partial charge in [-0.15, -0.1) is 0 Å². The molecule has 0 heterocycles. The topological polar surface area (TPSA) is 26.3 Å². The van der Waals surface area contributed by atoms with Crippen LogP contribution in [-0.2, 0) is 10.9 Å². The Labute approximate surface area is 196 Å². The summed E-state index contributed by atoms with van der Waals surface area (Å²) in [6, 6.07) is 7.67. The Morgan fingerprint density at radius 2 is 1.10 bits per heavy atom. The summed E-state index contributed by atoms with van der Waals surface area (Å²) in [6.45, 7) is 3.06. The third-order valence-corrected chi connectivity index (χ3v) is 6.70. The van der Waals surface area contributed by atoms with Gasteiger partial charge in [0.05, 0.1) is 19.1 Å². The van der Waals surface area contributed by atoms with Gasteiger partial charge in [0.25, 0.3) is 0 Å². The molecule has 0 amide bonds. The van der Waals surface area contributed by atoms with Gasteiger partial charge >= 0.3 is 0 Å². The Morgan fingerprint density at radius 1 is 0.677 bits per heavy atom. The maximum Gasteiger partial charge on any atom is 0.211 e. The largest absolute Gasteiger partial charge is 0.494 e. The summed E-state index contributed by atoms with van der Waals surface area (Å²) in [5.41, 5.74) is 0.802. The average molecular weight is 450 g/mol. The van der Waals surface area contributed by atoms with Crippen molar-refractivity contribution in [2.45, 2.75) is 110 Å². The molecule has 0 aliphatic rings. The summed E-state index contributed by atoms with van der Waals surface area (Å²) in [7, 11) is 0.153. The number of ketones is 1. The van der Waals surface area contributed by atoms with Crippen molar-refractivity contribution in [3.63, 3.8) is 0 Å². The SMILES string of the molecule is CCCCCCCCCCCCCCCCCCOc1ccc(C(=O)C[S+](C)C)cc1. The highest BCUT2D eigenvalue weighted by Gasteiger charge is 2.13. The Balaban J connectivity index is 1.87. The molecule has 0 saturated carbocycles. The molecule has 0 fully saturated rings. The number of ether oxygens (including phenoxy) is 1. The van der Waals surface area contributed by atoms with Crippen LogP contribution in [0.2, 0.25) is 0 Å². The van der Waals surface area contributed by atoms with E-state index in [2.05, 4.69) is 19.4 Å². The van der Waals surface area contributed by atoms with Gasteiger partial charge in [0.15, 0.2) is 5.75 Å². The molecular weight excluding hydrogens is 400 g/mol. The standard InChI is InChI=1S/C28H49O2S/c1-4-5-6-7-8-9-10-11-12-13-14-15-16-17-18-19-24-30-27-22-20-26(21-23-27)28(29)25-31(2)3/h20-23H,4-19,24-25H2,1-3H3/q+1. The minimum Gasteiger partial charge on any atom is -0.494 e. The van der Waals surface area contributed by atoms with E-state index in [0.717, 1.165) is 24.3 Å². The Kier molecular flexibility index (Phi) is 17.8. The van der Waals surface area contributed by atoms with Crippen LogP contribution in [-0.4, -0.2) is 30.7 Å². The molecule has 0 spiro atoms. The molecule has 31 heavy (non-hydrogen) atoms. The highest BCUT2D eigenvalue weighted by atomic mass is 32.2. The van der Waals surface area contributed by atoms with E-state index in [4.69, 9.17) is 4.74 Å². The zero-order valence-corrected chi connectivity index (χ0v) is 21.6. The lowest BCUT2D eigenvalue weighted by molar-refractivity contribution is 0.102. The molecule has 0 aliphatic heterocycles. The van der Waals surface area contributed by atoms with Gasteiger partial charge in [0, 0.05) is 5.56 Å². The van der Waals surface area contributed by atoms with Gasteiger partial charge in [-0.05, 0) is 41.6 Å². The van der Waals surface area contributed by atoms with Crippen LogP contribution in [0.5, 0.6) is 5.75 Å². The maximum absolute atomic E-state index is 12.1. The first-order chi connectivity index (χ1) is 15.1. The quantitative estimate of drug-likeness (QED) is 0.107. The van der Waals surface area contributed by atoms with E-state index in [1.165, 1.54) is 96.3 Å². The van der Waals surface area contributed by atoms with Crippen LogP contribution >= 0.6 is 0 Å². The molecule has 1 aromatic rings. The normalized spacial score (nSPS) is 11.2. The van der Waals surface area contributed by atoms with Gasteiger partial charge in [-0.1, -0.05) is 103 Å². The predicted octanol–water partition coefficient (Wildman–Crippen LogP) is 8.39. The van der Waals surface area contributed by atoms with Crippen molar-refractivity contribution >= 4 is 16.7 Å². The van der Waals surface area contributed by atoms with Gasteiger partial charge in [0.1, 0.15) is 5.75 Å².